The maximum absolute atomic E-state index is 12.6. The first kappa shape index (κ1) is 19.3. The molecule has 146 valence electrons. The number of methoxy groups -OCH3 is 1. The number of ether oxygens (including phenoxy) is 1. The molecule has 1 aliphatic heterocycles. The number of piperazine rings is 1. The van der Waals surface area contributed by atoms with E-state index in [-0.39, 0.29) is 29.6 Å². The number of carboxylic acid groups (broad SMARTS) is 1. The van der Waals surface area contributed by atoms with Gasteiger partial charge in [0, 0.05) is 26.2 Å². The summed E-state index contributed by atoms with van der Waals surface area (Å²) in [6, 6.07) is 11.7. The van der Waals surface area contributed by atoms with E-state index in [2.05, 4.69) is 4.98 Å². The van der Waals surface area contributed by atoms with Crippen LogP contribution in [0.2, 0.25) is 0 Å². The molecule has 1 N–H and O–H groups in total. The molecule has 8 nitrogen and oxygen atoms in total. The molecule has 2 aromatic rings. The van der Waals surface area contributed by atoms with E-state index < -0.39 is 5.97 Å². The van der Waals surface area contributed by atoms with Crippen molar-refractivity contribution in [3.8, 4) is 5.75 Å². The Morgan fingerprint density at radius 2 is 1.64 bits per heavy atom. The summed E-state index contributed by atoms with van der Waals surface area (Å²) in [7, 11) is 1.58. The highest BCUT2D eigenvalue weighted by atomic mass is 16.5. The number of carbonyl (C=O) groups is 3. The lowest BCUT2D eigenvalue weighted by Crippen LogP contribution is -2.51. The number of amides is 2. The van der Waals surface area contributed by atoms with Gasteiger partial charge in [-0.1, -0.05) is 18.2 Å². The molecular formula is C20H21N3O5. The van der Waals surface area contributed by atoms with E-state index in [1.807, 2.05) is 24.3 Å². The lowest BCUT2D eigenvalue weighted by Gasteiger charge is -2.34. The van der Waals surface area contributed by atoms with E-state index >= 15 is 0 Å². The van der Waals surface area contributed by atoms with Crippen molar-refractivity contribution in [3.05, 3.63) is 59.4 Å². The highest BCUT2D eigenvalue weighted by Crippen LogP contribution is 2.15. The summed E-state index contributed by atoms with van der Waals surface area (Å²) in [5, 5.41) is 9.01. The maximum atomic E-state index is 12.6. The summed E-state index contributed by atoms with van der Waals surface area (Å²) in [6.45, 7) is 1.60. The van der Waals surface area contributed by atoms with Crippen molar-refractivity contribution in [2.45, 2.75) is 6.42 Å². The molecule has 0 bridgehead atoms. The quantitative estimate of drug-likeness (QED) is 0.836. The number of rotatable bonds is 5. The molecule has 0 atom stereocenters. The molecule has 8 heteroatoms. The second-order valence-electron chi connectivity index (χ2n) is 6.41. The van der Waals surface area contributed by atoms with E-state index in [4.69, 9.17) is 9.84 Å². The summed E-state index contributed by atoms with van der Waals surface area (Å²) in [5.41, 5.74) is 0.798. The van der Waals surface area contributed by atoms with Crippen LogP contribution in [0.5, 0.6) is 5.75 Å². The van der Waals surface area contributed by atoms with Gasteiger partial charge in [-0.2, -0.15) is 0 Å². The molecule has 1 aromatic carbocycles. The highest BCUT2D eigenvalue weighted by Gasteiger charge is 2.26. The largest absolute Gasteiger partial charge is 0.497 e. The van der Waals surface area contributed by atoms with Crippen molar-refractivity contribution < 1.29 is 24.2 Å². The summed E-state index contributed by atoms with van der Waals surface area (Å²) in [4.78, 5) is 43.3. The fraction of sp³-hybridized carbons (Fsp3) is 0.300. The number of hydrogen-bond acceptors (Lipinski definition) is 5. The Balaban J connectivity index is 1.57. The van der Waals surface area contributed by atoms with Gasteiger partial charge in [0.25, 0.3) is 5.91 Å². The predicted molar refractivity (Wildman–Crippen MR) is 100 cm³/mol. The molecule has 1 aliphatic rings. The van der Waals surface area contributed by atoms with Crippen molar-refractivity contribution in [1.82, 2.24) is 14.8 Å². The van der Waals surface area contributed by atoms with Crippen LogP contribution >= 0.6 is 0 Å². The van der Waals surface area contributed by atoms with Crippen LogP contribution in [0.15, 0.2) is 42.5 Å². The topological polar surface area (TPSA) is 100 Å². The number of nitrogens with zero attached hydrogens (tertiary/aromatic N) is 3. The average molecular weight is 383 g/mol. The summed E-state index contributed by atoms with van der Waals surface area (Å²) in [6.07, 6.45) is 0.271. The molecule has 1 fully saturated rings. The van der Waals surface area contributed by atoms with Crippen molar-refractivity contribution >= 4 is 17.8 Å². The van der Waals surface area contributed by atoms with Gasteiger partial charge in [0.2, 0.25) is 5.91 Å². The van der Waals surface area contributed by atoms with Gasteiger partial charge in [-0.3, -0.25) is 9.59 Å². The highest BCUT2D eigenvalue weighted by molar-refractivity contribution is 5.94. The van der Waals surface area contributed by atoms with Crippen molar-refractivity contribution in [3.63, 3.8) is 0 Å². The Labute approximate surface area is 162 Å². The van der Waals surface area contributed by atoms with E-state index in [9.17, 15) is 14.4 Å². The van der Waals surface area contributed by atoms with Gasteiger partial charge in [0.15, 0.2) is 0 Å². The molecule has 2 amide bonds. The zero-order chi connectivity index (χ0) is 20.1. The van der Waals surface area contributed by atoms with Crippen LogP contribution in [0, 0.1) is 0 Å². The number of aromatic carboxylic acids is 1. The minimum absolute atomic E-state index is 0.00801. The Kier molecular flexibility index (Phi) is 5.88. The van der Waals surface area contributed by atoms with Crippen LogP contribution in [0.4, 0.5) is 0 Å². The molecule has 0 spiro atoms. The van der Waals surface area contributed by atoms with Gasteiger partial charge in [-0.15, -0.1) is 0 Å². The van der Waals surface area contributed by atoms with E-state index in [0.29, 0.717) is 31.9 Å². The van der Waals surface area contributed by atoms with Gasteiger partial charge in [0.05, 0.1) is 13.5 Å². The zero-order valence-corrected chi connectivity index (χ0v) is 15.5. The van der Waals surface area contributed by atoms with Crippen LogP contribution in [0.3, 0.4) is 0 Å². The molecule has 28 heavy (non-hydrogen) atoms. The monoisotopic (exact) mass is 383 g/mol. The maximum Gasteiger partial charge on any atom is 0.354 e. The molecule has 0 unspecified atom stereocenters. The number of benzene rings is 1. The second kappa shape index (κ2) is 8.51. The van der Waals surface area contributed by atoms with Gasteiger partial charge in [-0.25, -0.2) is 9.78 Å². The zero-order valence-electron chi connectivity index (χ0n) is 15.5. The van der Waals surface area contributed by atoms with E-state index in [1.54, 1.807) is 16.9 Å². The fourth-order valence-corrected chi connectivity index (χ4v) is 3.06. The van der Waals surface area contributed by atoms with Gasteiger partial charge in [-0.05, 0) is 29.8 Å². The average Bonchev–Trinajstić information content (AvgIpc) is 2.73. The molecule has 3 rings (SSSR count). The number of aromatic nitrogens is 1. The van der Waals surface area contributed by atoms with E-state index in [0.717, 1.165) is 5.56 Å². The Bertz CT molecular complexity index is 891. The second-order valence-corrected chi connectivity index (χ2v) is 6.41. The van der Waals surface area contributed by atoms with Crippen LogP contribution in [0.1, 0.15) is 26.5 Å². The standard InChI is InChI=1S/C20H21N3O5/c1-28-15-5-2-4-14(12-15)13-18(24)22-8-10-23(11-9-22)19(25)16-6-3-7-17(21-16)20(26)27/h2-7,12H,8-11,13H2,1H3,(H,26,27). The summed E-state index contributed by atoms with van der Waals surface area (Å²) in [5.74, 6) is -0.811. The molecule has 1 saturated heterocycles. The number of carboxylic acids is 1. The number of hydrogen-bond donors (Lipinski definition) is 1. The third-order valence-corrected chi connectivity index (χ3v) is 4.60. The summed E-state index contributed by atoms with van der Waals surface area (Å²) >= 11 is 0. The molecule has 0 radical (unpaired) electrons. The molecule has 2 heterocycles. The van der Waals surface area contributed by atoms with Crippen LogP contribution in [-0.2, 0) is 11.2 Å². The molecule has 1 aromatic heterocycles. The lowest BCUT2D eigenvalue weighted by atomic mass is 10.1. The van der Waals surface area contributed by atoms with Gasteiger partial charge < -0.3 is 19.6 Å². The van der Waals surface area contributed by atoms with Crippen LogP contribution < -0.4 is 4.74 Å². The third kappa shape index (κ3) is 4.46. The normalized spacial score (nSPS) is 13.9. The predicted octanol–water partition coefficient (Wildman–Crippen LogP) is 1.32. The first-order valence-corrected chi connectivity index (χ1v) is 8.88. The SMILES string of the molecule is COc1cccc(CC(=O)N2CCN(C(=O)c3cccc(C(=O)O)n3)CC2)c1. The van der Waals surface area contributed by atoms with Gasteiger partial charge in [0.1, 0.15) is 17.1 Å². The van der Waals surface area contributed by atoms with Crippen molar-refractivity contribution in [2.75, 3.05) is 33.3 Å². The first-order chi connectivity index (χ1) is 13.5. The van der Waals surface area contributed by atoms with Gasteiger partial charge >= 0.3 is 5.97 Å². The van der Waals surface area contributed by atoms with Crippen molar-refractivity contribution in [1.29, 1.82) is 0 Å². The van der Waals surface area contributed by atoms with E-state index in [1.165, 1.54) is 18.2 Å². The fourth-order valence-electron chi connectivity index (χ4n) is 3.06. The lowest BCUT2D eigenvalue weighted by molar-refractivity contribution is -0.131. The molecular weight excluding hydrogens is 362 g/mol. The molecule has 0 saturated carbocycles. The van der Waals surface area contributed by atoms with Crippen LogP contribution in [-0.4, -0.2) is 71.0 Å². The third-order valence-electron chi connectivity index (χ3n) is 4.60. The molecule has 0 aliphatic carbocycles. The number of pyridine rings is 1. The van der Waals surface area contributed by atoms with Crippen LogP contribution in [0.25, 0.3) is 0 Å². The minimum Gasteiger partial charge on any atom is -0.497 e. The Hall–Kier alpha value is -3.42. The minimum atomic E-state index is -1.18. The Morgan fingerprint density at radius 1 is 1.00 bits per heavy atom. The van der Waals surface area contributed by atoms with Crippen molar-refractivity contribution in [2.24, 2.45) is 0 Å². The Morgan fingerprint density at radius 3 is 2.32 bits per heavy atom. The smallest absolute Gasteiger partial charge is 0.354 e. The summed E-state index contributed by atoms with van der Waals surface area (Å²) < 4.78 is 5.18. The number of carbonyl (C=O) groups excluding carboxylic acids is 2. The first-order valence-electron chi connectivity index (χ1n) is 8.88.